The molecule has 1 heterocycles. The molecule has 0 aliphatic carbocycles. The molecule has 0 bridgehead atoms. The Morgan fingerprint density at radius 3 is 2.76 bits per heavy atom. The first-order valence-corrected chi connectivity index (χ1v) is 6.16. The van der Waals surface area contributed by atoms with Gasteiger partial charge in [0.1, 0.15) is 0 Å². The van der Waals surface area contributed by atoms with E-state index in [9.17, 15) is 0 Å². The molecule has 0 saturated carbocycles. The van der Waals surface area contributed by atoms with Gasteiger partial charge in [-0.2, -0.15) is 0 Å². The van der Waals surface area contributed by atoms with Crippen molar-refractivity contribution in [3.63, 3.8) is 0 Å². The first-order chi connectivity index (χ1) is 8.19. The summed E-state index contributed by atoms with van der Waals surface area (Å²) >= 11 is 0. The number of hydrogen-bond donors (Lipinski definition) is 1. The molecule has 4 heteroatoms. The van der Waals surface area contributed by atoms with Crippen molar-refractivity contribution in [3.8, 4) is 5.75 Å². The zero-order valence-corrected chi connectivity index (χ0v) is 10.9. The molecule has 1 N–H and O–H groups in total. The fourth-order valence-electron chi connectivity index (χ4n) is 1.68. The summed E-state index contributed by atoms with van der Waals surface area (Å²) < 4.78 is 5.73. The minimum absolute atomic E-state index is 0.121. The molecule has 1 aromatic rings. The molecule has 1 rings (SSSR count). The molecule has 0 saturated heterocycles. The van der Waals surface area contributed by atoms with Crippen molar-refractivity contribution in [3.05, 3.63) is 18.3 Å². The summed E-state index contributed by atoms with van der Waals surface area (Å²) in [4.78, 5) is 6.41. The molecule has 1 aromatic heterocycles. The average Bonchev–Trinajstić information content (AvgIpc) is 2.29. The lowest BCUT2D eigenvalue weighted by molar-refractivity contribution is 0.241. The molecule has 96 valence electrons. The fraction of sp³-hybridized carbons (Fsp3) is 0.615. The molecular weight excluding hydrogens is 216 g/mol. The third kappa shape index (κ3) is 4.23. The Kier molecular flexibility index (Phi) is 5.77. The molecule has 0 amide bonds. The first-order valence-electron chi connectivity index (χ1n) is 6.16. The maximum atomic E-state index is 9.09. The van der Waals surface area contributed by atoms with Crippen molar-refractivity contribution in [2.75, 3.05) is 24.6 Å². The third-order valence-corrected chi connectivity index (χ3v) is 2.28. The van der Waals surface area contributed by atoms with Crippen LogP contribution in [0.3, 0.4) is 0 Å². The molecule has 0 aromatic carbocycles. The van der Waals surface area contributed by atoms with E-state index in [1.807, 2.05) is 26.0 Å². The summed E-state index contributed by atoms with van der Waals surface area (Å²) in [6, 6.07) is 3.78. The number of aromatic nitrogens is 1. The molecule has 0 fully saturated rings. The highest BCUT2D eigenvalue weighted by molar-refractivity contribution is 5.52. The van der Waals surface area contributed by atoms with E-state index >= 15 is 0 Å². The van der Waals surface area contributed by atoms with Gasteiger partial charge in [-0.1, -0.05) is 6.92 Å². The van der Waals surface area contributed by atoms with Crippen molar-refractivity contribution in [1.29, 1.82) is 0 Å². The largest absolute Gasteiger partial charge is 0.487 e. The van der Waals surface area contributed by atoms with Crippen molar-refractivity contribution in [1.82, 2.24) is 4.98 Å². The van der Waals surface area contributed by atoms with Gasteiger partial charge >= 0.3 is 0 Å². The van der Waals surface area contributed by atoms with Gasteiger partial charge in [-0.05, 0) is 32.4 Å². The molecule has 4 nitrogen and oxygen atoms in total. The highest BCUT2D eigenvalue weighted by atomic mass is 16.5. The second kappa shape index (κ2) is 7.12. The van der Waals surface area contributed by atoms with Gasteiger partial charge < -0.3 is 14.7 Å². The van der Waals surface area contributed by atoms with Crippen molar-refractivity contribution in [2.45, 2.75) is 33.3 Å². The van der Waals surface area contributed by atoms with Crippen LogP contribution in [-0.4, -0.2) is 35.9 Å². The number of rotatable bonds is 7. The topological polar surface area (TPSA) is 45.6 Å². The predicted molar refractivity (Wildman–Crippen MR) is 69.6 cm³/mol. The summed E-state index contributed by atoms with van der Waals surface area (Å²) in [7, 11) is 0. The van der Waals surface area contributed by atoms with E-state index in [0.717, 1.165) is 24.5 Å². The lowest BCUT2D eigenvalue weighted by Gasteiger charge is -2.25. The second-order valence-electron chi connectivity index (χ2n) is 4.20. The minimum Gasteiger partial charge on any atom is -0.487 e. The van der Waals surface area contributed by atoms with E-state index in [0.29, 0.717) is 6.54 Å². The van der Waals surface area contributed by atoms with Gasteiger partial charge in [-0.3, -0.25) is 0 Å². The molecule has 0 unspecified atom stereocenters. The van der Waals surface area contributed by atoms with Gasteiger partial charge in [0.05, 0.1) is 12.7 Å². The molecule has 17 heavy (non-hydrogen) atoms. The van der Waals surface area contributed by atoms with Gasteiger partial charge in [0, 0.05) is 19.3 Å². The Hall–Kier alpha value is -1.29. The van der Waals surface area contributed by atoms with Crippen molar-refractivity contribution in [2.24, 2.45) is 0 Å². The summed E-state index contributed by atoms with van der Waals surface area (Å²) in [5.41, 5.74) is 0. The quantitative estimate of drug-likeness (QED) is 0.790. The summed E-state index contributed by atoms with van der Waals surface area (Å²) in [5.74, 6) is 1.60. The lowest BCUT2D eigenvalue weighted by atomic mass is 10.3. The third-order valence-electron chi connectivity index (χ3n) is 2.28. The van der Waals surface area contributed by atoms with Crippen LogP contribution in [0.25, 0.3) is 0 Å². The van der Waals surface area contributed by atoms with Crippen LogP contribution in [0.1, 0.15) is 27.2 Å². The molecule has 0 atom stereocenters. The Morgan fingerprint density at radius 2 is 2.18 bits per heavy atom. The van der Waals surface area contributed by atoms with Crippen LogP contribution in [0.4, 0.5) is 5.82 Å². The van der Waals surface area contributed by atoms with Crippen LogP contribution in [0.5, 0.6) is 5.75 Å². The lowest BCUT2D eigenvalue weighted by Crippen LogP contribution is -2.29. The van der Waals surface area contributed by atoms with Gasteiger partial charge in [0.2, 0.25) is 0 Å². The number of ether oxygens (including phenoxy) is 1. The van der Waals surface area contributed by atoms with Crippen LogP contribution < -0.4 is 9.64 Å². The van der Waals surface area contributed by atoms with E-state index in [-0.39, 0.29) is 12.7 Å². The molecule has 0 spiro atoms. The van der Waals surface area contributed by atoms with Gasteiger partial charge in [-0.15, -0.1) is 0 Å². The number of pyridine rings is 1. The Balaban J connectivity index is 2.91. The zero-order valence-electron chi connectivity index (χ0n) is 10.9. The molecular formula is C13H22N2O2. The average molecular weight is 238 g/mol. The molecule has 0 aliphatic heterocycles. The summed E-state index contributed by atoms with van der Waals surface area (Å²) in [5, 5.41) is 9.09. The fourth-order valence-corrected chi connectivity index (χ4v) is 1.68. The van der Waals surface area contributed by atoms with Crippen LogP contribution in [0.2, 0.25) is 0 Å². The summed E-state index contributed by atoms with van der Waals surface area (Å²) in [6.07, 6.45) is 2.89. The summed E-state index contributed by atoms with van der Waals surface area (Å²) in [6.45, 7) is 7.67. The Bertz CT molecular complexity index is 323. The van der Waals surface area contributed by atoms with Crippen LogP contribution in [0, 0.1) is 0 Å². The smallest absolute Gasteiger partial charge is 0.171 e. The maximum Gasteiger partial charge on any atom is 0.171 e. The molecule has 0 radical (unpaired) electrons. The normalized spacial score (nSPS) is 10.6. The van der Waals surface area contributed by atoms with E-state index in [1.165, 1.54) is 0 Å². The highest BCUT2D eigenvalue weighted by Gasteiger charge is 2.13. The standard InChI is InChI=1S/C13H22N2O2/c1-4-8-15(9-10-16)13-12(17-11(2)3)6-5-7-14-13/h5-7,11,16H,4,8-10H2,1-3H3. The SMILES string of the molecule is CCCN(CCO)c1ncccc1OC(C)C. The van der Waals surface area contributed by atoms with Gasteiger partial charge in [0.25, 0.3) is 0 Å². The number of aliphatic hydroxyl groups is 1. The minimum atomic E-state index is 0.121. The zero-order chi connectivity index (χ0) is 12.7. The van der Waals surface area contributed by atoms with Crippen LogP contribution in [0.15, 0.2) is 18.3 Å². The number of nitrogens with zero attached hydrogens (tertiary/aromatic N) is 2. The Morgan fingerprint density at radius 1 is 1.41 bits per heavy atom. The van der Waals surface area contributed by atoms with E-state index in [1.54, 1.807) is 6.20 Å². The van der Waals surface area contributed by atoms with E-state index in [2.05, 4.69) is 16.8 Å². The Labute approximate surface area is 103 Å². The van der Waals surface area contributed by atoms with Crippen LogP contribution in [-0.2, 0) is 0 Å². The van der Waals surface area contributed by atoms with Crippen molar-refractivity contribution >= 4 is 5.82 Å². The maximum absolute atomic E-state index is 9.09. The number of anilines is 1. The van der Waals surface area contributed by atoms with Gasteiger partial charge in [0.15, 0.2) is 11.6 Å². The monoisotopic (exact) mass is 238 g/mol. The molecule has 0 aliphatic rings. The first kappa shape index (κ1) is 13.8. The highest BCUT2D eigenvalue weighted by Crippen LogP contribution is 2.26. The second-order valence-corrected chi connectivity index (χ2v) is 4.20. The van der Waals surface area contributed by atoms with Crippen molar-refractivity contribution < 1.29 is 9.84 Å². The van der Waals surface area contributed by atoms with E-state index < -0.39 is 0 Å². The van der Waals surface area contributed by atoms with Crippen LogP contribution >= 0.6 is 0 Å². The number of hydrogen-bond acceptors (Lipinski definition) is 4. The predicted octanol–water partition coefficient (Wildman–Crippen LogP) is 2.08. The van der Waals surface area contributed by atoms with E-state index in [4.69, 9.17) is 9.84 Å². The van der Waals surface area contributed by atoms with Gasteiger partial charge in [-0.25, -0.2) is 4.98 Å². The number of aliphatic hydroxyl groups excluding tert-OH is 1.